The van der Waals surface area contributed by atoms with Crippen LogP contribution in [0, 0.1) is 107 Å². The Morgan fingerprint density at radius 2 is 0.659 bits per heavy atom. The molecular weight excluding hydrogens is 1890 g/mol. The normalized spacial score (nSPS) is 13.4. The number of pyridine rings is 9. The molecule has 6 N–H and O–H groups in total. The fourth-order valence-corrected chi connectivity index (χ4v) is 18.0. The zero-order valence-corrected chi connectivity index (χ0v) is 77.7. The Kier molecular flexibility index (Phi) is 28.8. The smallest absolute Gasteiger partial charge is 0.276 e. The van der Waals surface area contributed by atoms with E-state index in [4.69, 9.17) is 91.8 Å². The lowest BCUT2D eigenvalue weighted by Crippen LogP contribution is -2.49. The van der Waals surface area contributed by atoms with E-state index >= 15 is 13.2 Å². The Morgan fingerprint density at radius 3 is 0.963 bits per heavy atom. The van der Waals surface area contributed by atoms with Gasteiger partial charge in [0, 0.05) is 119 Å². The van der Waals surface area contributed by atoms with E-state index in [1.807, 2.05) is 58.6 Å². The lowest BCUT2D eigenvalue weighted by Gasteiger charge is -2.36. The Morgan fingerprint density at radius 1 is 0.378 bits per heavy atom. The van der Waals surface area contributed by atoms with Crippen molar-refractivity contribution in [1.82, 2.24) is 58.3 Å². The zero-order chi connectivity index (χ0) is 98.7. The molecule has 12 heterocycles. The molecule has 0 radical (unpaired) electrons. The number of nitrogen functional groups attached to an aromatic ring is 3. The minimum atomic E-state index is -2.03. The average molecular weight is 1970 g/mol. The minimum Gasteiger partial charge on any atom is -0.397 e. The molecule has 12 aromatic rings. The van der Waals surface area contributed by atoms with Crippen LogP contribution in [-0.2, 0) is 14.4 Å². The highest BCUT2D eigenvalue weighted by molar-refractivity contribution is 6.43. The number of piperazine rings is 3. The first-order valence-electron chi connectivity index (χ1n) is 41.3. The van der Waals surface area contributed by atoms with Gasteiger partial charge >= 0.3 is 0 Å². The van der Waals surface area contributed by atoms with E-state index in [0.717, 1.165) is 4.57 Å². The fourth-order valence-electron chi connectivity index (χ4n) is 16.5. The van der Waals surface area contributed by atoms with Gasteiger partial charge in [-0.15, -0.1) is 0 Å². The second-order valence-corrected chi connectivity index (χ2v) is 34.6. The van der Waals surface area contributed by atoms with Gasteiger partial charge in [0.15, 0.2) is 52.4 Å². The number of halogens is 15. The van der Waals surface area contributed by atoms with Gasteiger partial charge in [0.1, 0.15) is 62.5 Å². The maximum atomic E-state index is 15.3. The lowest BCUT2D eigenvalue weighted by molar-refractivity contribution is -0.127. The number of aryl methyl sites for hydroxylation is 3. The van der Waals surface area contributed by atoms with Crippen LogP contribution in [0.25, 0.3) is 83.9 Å². The third-order valence-corrected chi connectivity index (χ3v) is 25.2. The van der Waals surface area contributed by atoms with Gasteiger partial charge in [-0.25, -0.2) is 54.5 Å². The molecule has 0 bridgehead atoms. The Hall–Kier alpha value is -13.8. The standard InChI is InChI=1S/C31H26Cl3F2N7O2.C31H26Cl2F3N7O2.C31H26ClF4N7O2/c1-5-19(44)41-8-10-42(11-9-41)29-16-12-18(32)27(20-21(33)23(35)24(36)25(38)22(20)34)40-30(16)43(31(45)17(29)13-37)28-15(4)6-7-39-26(28)14(2)3;1-5-19(44)41-8-10-42(11-9-41)29-16-12-18(32)27(20-22(34)24(36)23(35)21(33)25(20)38)40-30(16)43(31(45)17(29)13-37)28-15(4)6-7-39-26(28)14(2)3;1-5-19(44)41-8-10-42(11-9-41)29-16-12-18(32)27(20-21(33)23(35)24(36)25(38)22(20)34)40-30(16)43(31(45)17(29)13-37)28-15(4)6-7-39-26(28)14(2)3/h3*5-7,12,14H,1,8-11,38H2,2-4H3. The maximum Gasteiger partial charge on any atom is 0.276 e. The SMILES string of the molecule is C=CC(=O)N1CCN(c2c(C#N)c(=O)n(-c3c(C)ccnc3C(C)C)c3nc(-c4c(Cl)c(N)c(F)c(F)c4Cl)c(Cl)cc23)CC1.C=CC(=O)N1CCN(c2c(C#N)c(=O)n(-c3c(C)ccnc3C(C)C)c3nc(-c4c(F)c(N)c(F)c(F)c4F)c(Cl)cc23)CC1.C=CC(=O)N1CCN(c2c(C#N)c(=O)n(-c3c(C)ccnc3C(C)C)c3nc(-c4c(N)c(Cl)c(F)c(F)c4F)c(Cl)cc23)CC1. The lowest BCUT2D eigenvalue weighted by atomic mass is 10.0. The number of aromatic nitrogens is 9. The fraction of sp³-hybridized carbons (Fsp3) is 0.258. The van der Waals surface area contributed by atoms with E-state index in [1.54, 1.807) is 82.1 Å². The molecule has 9 aromatic heterocycles. The predicted molar refractivity (Wildman–Crippen MR) is 502 cm³/mol. The Bertz CT molecular complexity index is 6650. The number of benzene rings is 3. The molecule has 15 rings (SSSR count). The number of fused-ring (bicyclic) bond motifs is 3. The molecule has 0 saturated carbocycles. The van der Waals surface area contributed by atoms with Gasteiger partial charge in [0.2, 0.25) is 17.7 Å². The molecular formula is C93H78Cl6F9N21O6. The number of hydrogen-bond donors (Lipinski definition) is 3. The van der Waals surface area contributed by atoms with Gasteiger partial charge in [0.05, 0.1) is 116 Å². The van der Waals surface area contributed by atoms with Gasteiger partial charge in [0.25, 0.3) is 16.7 Å². The second-order valence-electron chi connectivity index (χ2n) is 32.2. The van der Waals surface area contributed by atoms with Crippen molar-refractivity contribution in [2.45, 2.75) is 80.1 Å². The summed E-state index contributed by atoms with van der Waals surface area (Å²) in [5.41, 5.74) is 13.0. The highest BCUT2D eigenvalue weighted by Crippen LogP contribution is 2.49. The van der Waals surface area contributed by atoms with Gasteiger partial charge in [-0.2, -0.15) is 15.8 Å². The van der Waals surface area contributed by atoms with Gasteiger partial charge in [-0.05, 0) is 110 Å². The van der Waals surface area contributed by atoms with E-state index in [-0.39, 0.29) is 189 Å². The minimum absolute atomic E-state index is 0.0337. The first-order valence-corrected chi connectivity index (χ1v) is 43.6. The third kappa shape index (κ3) is 17.5. The molecule has 42 heteroatoms. The van der Waals surface area contributed by atoms with Crippen LogP contribution in [0.3, 0.4) is 0 Å². The number of carbonyl (C=O) groups is 3. The summed E-state index contributed by atoms with van der Waals surface area (Å²) in [6, 6.07) is 15.2. The first-order chi connectivity index (χ1) is 64.0. The molecule has 27 nitrogen and oxygen atoms in total. The summed E-state index contributed by atoms with van der Waals surface area (Å²) in [6.45, 7) is 30.1. The van der Waals surface area contributed by atoms with E-state index in [1.165, 1.54) is 45.6 Å². The molecule has 0 aliphatic carbocycles. The third-order valence-electron chi connectivity index (χ3n) is 23.2. The maximum absolute atomic E-state index is 15.3. The van der Waals surface area contributed by atoms with Crippen molar-refractivity contribution in [2.75, 3.05) is 110 Å². The first kappa shape index (κ1) is 98.7. The molecule has 135 heavy (non-hydrogen) atoms. The van der Waals surface area contributed by atoms with Crippen LogP contribution in [0.1, 0.15) is 110 Å². The number of rotatable bonds is 15. The number of hydrogen-bond acceptors (Lipinski definition) is 21. The van der Waals surface area contributed by atoms with Crippen LogP contribution in [-0.4, -0.2) is 155 Å². The van der Waals surface area contributed by atoms with Crippen LogP contribution in [0.2, 0.25) is 30.1 Å². The molecule has 3 fully saturated rings. The average Bonchev–Trinajstić information content (AvgIpc) is 0.728. The van der Waals surface area contributed by atoms with Crippen molar-refractivity contribution in [3.8, 4) is 69.0 Å². The van der Waals surface area contributed by atoms with E-state index in [9.17, 15) is 70.9 Å². The summed E-state index contributed by atoms with van der Waals surface area (Å²) >= 11 is 38.5. The van der Waals surface area contributed by atoms with Crippen LogP contribution in [0.15, 0.2) is 107 Å². The number of nitrogens with zero attached hydrogens (tertiary/aromatic N) is 18. The molecule has 696 valence electrons. The van der Waals surface area contributed by atoms with Crippen LogP contribution in [0.5, 0.6) is 0 Å². The van der Waals surface area contributed by atoms with Crippen molar-refractivity contribution in [3.05, 3.63) is 257 Å². The van der Waals surface area contributed by atoms with Crippen molar-refractivity contribution in [2.24, 2.45) is 0 Å². The predicted octanol–water partition coefficient (Wildman–Crippen LogP) is 17.7. The summed E-state index contributed by atoms with van der Waals surface area (Å²) in [4.78, 5) is 117. The van der Waals surface area contributed by atoms with Crippen molar-refractivity contribution < 1.29 is 53.9 Å². The molecule has 3 aliphatic heterocycles. The Balaban J connectivity index is 0.000000171. The van der Waals surface area contributed by atoms with E-state index in [0.29, 0.717) is 63.6 Å². The molecule has 0 spiro atoms. The molecule has 3 amide bonds. The van der Waals surface area contributed by atoms with Gasteiger partial charge < -0.3 is 46.6 Å². The van der Waals surface area contributed by atoms with Gasteiger partial charge in [-0.1, -0.05) is 131 Å². The van der Waals surface area contributed by atoms with Crippen molar-refractivity contribution in [3.63, 3.8) is 0 Å². The second kappa shape index (κ2) is 39.4. The van der Waals surface area contributed by atoms with E-state index in [2.05, 4.69) is 50.7 Å². The monoisotopic (exact) mass is 1970 g/mol. The van der Waals surface area contributed by atoms with E-state index < -0.39 is 129 Å². The molecule has 3 aliphatic rings. The number of carbonyl (C=O) groups excluding carboxylic acids is 3. The molecule has 0 unspecified atom stereocenters. The topological polar surface area (TPSA) is 363 Å². The zero-order valence-electron chi connectivity index (χ0n) is 73.2. The number of anilines is 6. The number of amides is 3. The molecule has 3 saturated heterocycles. The molecule has 0 atom stereocenters. The quantitative estimate of drug-likeness (QED) is 0.0282. The highest BCUT2D eigenvalue weighted by Gasteiger charge is 2.38. The van der Waals surface area contributed by atoms with Crippen LogP contribution < -0.4 is 48.6 Å². The number of nitrogens with two attached hydrogens (primary N) is 3. The summed E-state index contributed by atoms with van der Waals surface area (Å²) in [5, 5.41) is 29.1. The number of nitriles is 3. The summed E-state index contributed by atoms with van der Waals surface area (Å²) < 4.78 is 136. The molecule has 3 aromatic carbocycles. The Labute approximate surface area is 794 Å². The summed E-state index contributed by atoms with van der Waals surface area (Å²) in [7, 11) is 0. The van der Waals surface area contributed by atoms with Crippen LogP contribution in [0.4, 0.5) is 73.6 Å². The van der Waals surface area contributed by atoms with Crippen molar-refractivity contribution >= 4 is 155 Å². The van der Waals surface area contributed by atoms with Crippen LogP contribution >= 0.6 is 69.6 Å². The summed E-state index contributed by atoms with van der Waals surface area (Å²) in [6.07, 6.45) is 8.36. The largest absolute Gasteiger partial charge is 0.397 e. The van der Waals surface area contributed by atoms with Crippen molar-refractivity contribution in [1.29, 1.82) is 15.8 Å². The highest BCUT2D eigenvalue weighted by atomic mass is 35.5. The van der Waals surface area contributed by atoms with Gasteiger partial charge in [-0.3, -0.25) is 57.4 Å². The summed E-state index contributed by atoms with van der Waals surface area (Å²) in [5.74, 6) is -16.9.